The van der Waals surface area contributed by atoms with Crippen molar-refractivity contribution in [1.29, 1.82) is 0 Å². The van der Waals surface area contributed by atoms with Crippen molar-refractivity contribution in [3.63, 3.8) is 0 Å². The molecule has 0 unspecified atom stereocenters. The zero-order valence-electron chi connectivity index (χ0n) is 16.6. The quantitative estimate of drug-likeness (QED) is 0.444. The fourth-order valence-corrected chi connectivity index (χ4v) is 5.21. The third-order valence-electron chi connectivity index (χ3n) is 5.77. The third kappa shape index (κ3) is 3.90. The van der Waals surface area contributed by atoms with Crippen LogP contribution in [0.2, 0.25) is 5.02 Å². The molecule has 0 saturated carbocycles. The van der Waals surface area contributed by atoms with Crippen LogP contribution >= 0.6 is 23.4 Å². The van der Waals surface area contributed by atoms with Gasteiger partial charge in [-0.1, -0.05) is 71.9 Å². The Hall–Kier alpha value is -2.55. The predicted octanol–water partition coefficient (Wildman–Crippen LogP) is 5.76. The van der Waals surface area contributed by atoms with Gasteiger partial charge in [-0.25, -0.2) is 0 Å². The minimum Gasteiger partial charge on any atom is -0.264 e. The lowest BCUT2D eigenvalue weighted by atomic mass is 9.89. The van der Waals surface area contributed by atoms with Crippen LogP contribution < -0.4 is 10.4 Å². The van der Waals surface area contributed by atoms with E-state index in [0.717, 1.165) is 11.4 Å². The van der Waals surface area contributed by atoms with Crippen molar-refractivity contribution in [2.24, 2.45) is 4.99 Å². The number of benzene rings is 3. The van der Waals surface area contributed by atoms with Crippen molar-refractivity contribution in [1.82, 2.24) is 0 Å². The molecular weight excluding hydrogens is 406 g/mol. The normalized spacial score (nSPS) is 15.1. The molecular formula is C27H22ClNS. The van der Waals surface area contributed by atoms with Gasteiger partial charge in [-0.3, -0.25) is 4.99 Å². The number of rotatable bonds is 0. The Labute approximate surface area is 185 Å². The first-order valence-corrected chi connectivity index (χ1v) is 11.6. The Morgan fingerprint density at radius 3 is 2.73 bits per heavy atom. The minimum atomic E-state index is 0.824. The van der Waals surface area contributed by atoms with Gasteiger partial charge in [0.05, 0.1) is 0 Å². The minimum absolute atomic E-state index is 0.824. The van der Waals surface area contributed by atoms with Crippen LogP contribution in [0.3, 0.4) is 0 Å². The number of hydrogen-bond donors (Lipinski definition) is 0. The van der Waals surface area contributed by atoms with E-state index in [9.17, 15) is 0 Å². The summed E-state index contributed by atoms with van der Waals surface area (Å²) >= 11 is 7.80. The van der Waals surface area contributed by atoms with E-state index in [2.05, 4.69) is 53.5 Å². The molecule has 1 aliphatic heterocycles. The van der Waals surface area contributed by atoms with E-state index in [1.54, 1.807) is 17.3 Å². The molecule has 0 aromatic heterocycles. The first kappa shape index (κ1) is 19.4. The van der Waals surface area contributed by atoms with E-state index < -0.39 is 0 Å². The highest BCUT2D eigenvalue weighted by Crippen LogP contribution is 2.24. The van der Waals surface area contributed by atoms with Gasteiger partial charge >= 0.3 is 0 Å². The summed E-state index contributed by atoms with van der Waals surface area (Å²) < 4.78 is 0. The lowest BCUT2D eigenvalue weighted by molar-refractivity contribution is 0.824. The largest absolute Gasteiger partial charge is 0.264 e. The molecule has 148 valence electrons. The highest BCUT2D eigenvalue weighted by atomic mass is 35.5. The highest BCUT2D eigenvalue weighted by Gasteiger charge is 2.11. The fraction of sp³-hybridized carbons (Fsp3) is 0.148. The van der Waals surface area contributed by atoms with Crippen LogP contribution in [0.5, 0.6) is 0 Å². The van der Waals surface area contributed by atoms with E-state index in [4.69, 9.17) is 11.6 Å². The Balaban J connectivity index is 0.000000149. The molecule has 3 aromatic carbocycles. The van der Waals surface area contributed by atoms with Gasteiger partial charge in [0.1, 0.15) is 0 Å². The average molecular weight is 428 g/mol. The van der Waals surface area contributed by atoms with Gasteiger partial charge in [0.2, 0.25) is 0 Å². The molecule has 3 aliphatic rings. The van der Waals surface area contributed by atoms with Crippen molar-refractivity contribution < 1.29 is 0 Å². The van der Waals surface area contributed by atoms with Crippen LogP contribution in [0, 0.1) is 10.4 Å². The molecule has 6 rings (SSSR count). The van der Waals surface area contributed by atoms with Crippen molar-refractivity contribution in [2.75, 3.05) is 0 Å². The Bertz CT molecular complexity index is 1390. The maximum atomic E-state index is 6.09. The smallest absolute Gasteiger partial charge is 0.0412 e. The van der Waals surface area contributed by atoms with Gasteiger partial charge in [-0.05, 0) is 81.3 Å². The molecule has 0 atom stereocenters. The van der Waals surface area contributed by atoms with Crippen LogP contribution in [-0.4, -0.2) is 6.21 Å². The summed E-state index contributed by atoms with van der Waals surface area (Å²) in [4.78, 5) is 5.35. The molecule has 30 heavy (non-hydrogen) atoms. The van der Waals surface area contributed by atoms with Gasteiger partial charge in [0.15, 0.2) is 0 Å². The standard InChI is InChI=1S/C18H15Cl.C9H7NS/c19-14-7-10-16-13(11-14)6-9-17-15-4-2-1-3-12(15)5-8-18(16)17;1-2-4-9-8(3-1)7-10-5-6-11-9/h3,5-8,10-11H,1-2,4,9H2;1-7H. The molecule has 1 heterocycles. The Kier molecular flexibility index (Phi) is 5.61. The summed E-state index contributed by atoms with van der Waals surface area (Å²) in [5.41, 5.74) is 4.30. The number of fused-ring (bicyclic) bond motifs is 5. The van der Waals surface area contributed by atoms with Crippen molar-refractivity contribution in [3.05, 3.63) is 109 Å². The lowest BCUT2D eigenvalue weighted by Crippen LogP contribution is -2.19. The number of aliphatic imine (C=N–C) groups is 1. The van der Waals surface area contributed by atoms with Crippen molar-refractivity contribution >= 4 is 41.7 Å². The molecule has 2 aliphatic carbocycles. The van der Waals surface area contributed by atoms with Crippen LogP contribution in [0.15, 0.2) is 76.1 Å². The number of thioether (sulfide) groups is 1. The SMILES string of the molecule is C1=CSc2ccccc2C=N1.Clc1ccc2c(c1)=CCc1c3c(ccc1=2)=CCCC3. The van der Waals surface area contributed by atoms with Gasteiger partial charge in [0, 0.05) is 27.9 Å². The monoisotopic (exact) mass is 427 g/mol. The second-order valence-corrected chi connectivity index (χ2v) is 9.00. The predicted molar refractivity (Wildman–Crippen MR) is 129 cm³/mol. The van der Waals surface area contributed by atoms with E-state index >= 15 is 0 Å². The molecule has 0 saturated heterocycles. The van der Waals surface area contributed by atoms with E-state index in [1.165, 1.54) is 56.2 Å². The number of nitrogens with zero attached hydrogens (tertiary/aromatic N) is 1. The summed E-state index contributed by atoms with van der Waals surface area (Å²) in [5.74, 6) is 0. The number of hydrogen-bond acceptors (Lipinski definition) is 2. The third-order valence-corrected chi connectivity index (χ3v) is 6.89. The molecule has 3 heteroatoms. The maximum absolute atomic E-state index is 6.09. The zero-order chi connectivity index (χ0) is 20.3. The van der Waals surface area contributed by atoms with E-state index in [0.29, 0.717) is 0 Å². The molecule has 0 bridgehead atoms. The highest BCUT2D eigenvalue weighted by molar-refractivity contribution is 8.02. The average Bonchev–Trinajstić information content (AvgIpc) is 3.04. The van der Waals surface area contributed by atoms with Crippen LogP contribution in [0.4, 0.5) is 0 Å². The molecule has 1 nitrogen and oxygen atoms in total. The van der Waals surface area contributed by atoms with Crippen LogP contribution in [0.25, 0.3) is 12.2 Å². The van der Waals surface area contributed by atoms with Gasteiger partial charge in [0.25, 0.3) is 0 Å². The van der Waals surface area contributed by atoms with E-state index in [-0.39, 0.29) is 0 Å². The molecule has 0 amide bonds. The van der Waals surface area contributed by atoms with Crippen molar-refractivity contribution in [3.8, 4) is 0 Å². The lowest BCUT2D eigenvalue weighted by Gasteiger charge is -2.16. The van der Waals surface area contributed by atoms with Crippen molar-refractivity contribution in [2.45, 2.75) is 30.6 Å². The van der Waals surface area contributed by atoms with Crippen LogP contribution in [0.1, 0.15) is 29.5 Å². The summed E-state index contributed by atoms with van der Waals surface area (Å²) in [7, 11) is 0. The topological polar surface area (TPSA) is 12.4 Å². The summed E-state index contributed by atoms with van der Waals surface area (Å²) in [6, 6.07) is 19.0. The first-order valence-electron chi connectivity index (χ1n) is 10.3. The van der Waals surface area contributed by atoms with Gasteiger partial charge in [-0.15, -0.1) is 0 Å². The Morgan fingerprint density at radius 2 is 1.77 bits per heavy atom. The molecule has 0 spiro atoms. The number of halogens is 1. The fourth-order valence-electron chi connectivity index (χ4n) is 4.34. The molecule has 0 N–H and O–H groups in total. The van der Waals surface area contributed by atoms with Gasteiger partial charge < -0.3 is 0 Å². The summed E-state index contributed by atoms with van der Waals surface area (Å²) in [5, 5.41) is 8.28. The summed E-state index contributed by atoms with van der Waals surface area (Å²) in [6.07, 6.45) is 13.2. The van der Waals surface area contributed by atoms with E-state index in [1.807, 2.05) is 36.0 Å². The van der Waals surface area contributed by atoms with Gasteiger partial charge in [-0.2, -0.15) is 0 Å². The second kappa shape index (κ2) is 8.67. The maximum Gasteiger partial charge on any atom is 0.0412 e. The zero-order valence-corrected chi connectivity index (χ0v) is 18.2. The first-order chi connectivity index (χ1) is 14.8. The molecule has 0 fully saturated rings. The van der Waals surface area contributed by atoms with Crippen LogP contribution in [-0.2, 0) is 12.8 Å². The second-order valence-electron chi connectivity index (χ2n) is 7.61. The molecule has 3 aromatic rings. The summed E-state index contributed by atoms with van der Waals surface area (Å²) in [6.45, 7) is 0. The Morgan fingerprint density at radius 1 is 0.867 bits per heavy atom. The molecule has 0 radical (unpaired) electrons.